The first-order valence-corrected chi connectivity index (χ1v) is 33.2. The molecule has 0 fully saturated rings. The van der Waals surface area contributed by atoms with Crippen molar-refractivity contribution in [3.05, 3.63) is 254 Å². The molecule has 17 nitrogen and oxygen atoms in total. The van der Waals surface area contributed by atoms with Crippen LogP contribution in [-0.2, 0) is 57.4 Å². The van der Waals surface area contributed by atoms with Gasteiger partial charge in [-0.2, -0.15) is 0 Å². The van der Waals surface area contributed by atoms with Gasteiger partial charge in [0.25, 0.3) is 0 Å². The van der Waals surface area contributed by atoms with Crippen LogP contribution >= 0.6 is 0 Å². The Morgan fingerprint density at radius 3 is 1.02 bits per heavy atom. The first-order chi connectivity index (χ1) is 48.0. The smallest absolute Gasteiger partial charge is 0.309 e. The van der Waals surface area contributed by atoms with E-state index in [4.69, 9.17) is 39.9 Å². The van der Waals surface area contributed by atoms with Crippen molar-refractivity contribution in [2.24, 2.45) is 23.3 Å². The van der Waals surface area contributed by atoms with Crippen molar-refractivity contribution < 1.29 is 57.5 Å². The quantitative estimate of drug-likeness (QED) is 0.0257. The van der Waals surface area contributed by atoms with Gasteiger partial charge in [0.15, 0.2) is 0 Å². The number of aromatic nitrogens is 3. The molecule has 0 aliphatic carbocycles. The number of carboxylic acids is 1. The standard InChI is InChI=1S/C31H33NO5.C29H29NO5.C23H21N3O2/c1-5-35-30(34)23(19-29(33)37-31(2,3)4)17-24-20-32-28-18-22(13-16-27(24)28)21-11-14-26(15-12-21)36-25-9-7-6-8-10-25;1-29(2,3)35-27(31)17-21(28(32)33)15-22-18-30-26-16-20(11-14-25(22)26)19-9-12-24(13-10-19)34-23-7-5-4-6-8-23;24-21(23(25)27)12-17-14-26-22-13-16(8-11-20(17)22)15-6-9-19(10-7-15)28-18-4-2-1-3-5-18/h6-16,18,20,23,32H,5,17,19H2,1-4H3;4-14,16,18,21,30H,15,17H2,1-3H3,(H,32,33);1-11,13-14,21,26H,12,24H2,(H2,25,27). The number of hydrogen-bond acceptors (Lipinski definition) is 12. The van der Waals surface area contributed by atoms with Gasteiger partial charge in [-0.25, -0.2) is 0 Å². The zero-order chi connectivity index (χ0) is 70.9. The van der Waals surface area contributed by atoms with Crippen molar-refractivity contribution in [3.8, 4) is 67.9 Å². The van der Waals surface area contributed by atoms with Crippen LogP contribution in [-0.4, -0.2) is 73.7 Å². The molecule has 3 heterocycles. The van der Waals surface area contributed by atoms with Gasteiger partial charge in [-0.15, -0.1) is 0 Å². The fraction of sp³-hybridized carbons (Fsp3) is 0.217. The molecule has 1 amide bonds. The van der Waals surface area contributed by atoms with Crippen molar-refractivity contribution in [2.45, 2.75) is 97.8 Å². The number of H-pyrrole nitrogens is 3. The summed E-state index contributed by atoms with van der Waals surface area (Å²) >= 11 is 0. The summed E-state index contributed by atoms with van der Waals surface area (Å²) in [5, 5.41) is 12.7. The van der Waals surface area contributed by atoms with E-state index in [9.17, 15) is 29.1 Å². The second-order valence-electron chi connectivity index (χ2n) is 26.2. The van der Waals surface area contributed by atoms with E-state index in [2.05, 4.69) is 39.2 Å². The molecule has 0 bridgehead atoms. The molecule has 3 unspecified atom stereocenters. The van der Waals surface area contributed by atoms with Crippen LogP contribution < -0.4 is 25.7 Å². The fourth-order valence-electron chi connectivity index (χ4n) is 11.4. The largest absolute Gasteiger partial charge is 0.481 e. The Balaban J connectivity index is 0.000000164. The maximum absolute atomic E-state index is 12.6. The number of benzene rings is 9. The number of amides is 1. The molecular weight excluding hydrogens is 1260 g/mol. The van der Waals surface area contributed by atoms with Crippen LogP contribution in [0.15, 0.2) is 237 Å². The third-order valence-electron chi connectivity index (χ3n) is 16.2. The monoisotopic (exact) mass is 1340 g/mol. The van der Waals surface area contributed by atoms with Gasteiger partial charge in [0.1, 0.15) is 45.7 Å². The lowest BCUT2D eigenvalue weighted by Gasteiger charge is -2.21. The molecule has 0 saturated heterocycles. The summed E-state index contributed by atoms with van der Waals surface area (Å²) in [6.07, 6.45) is 6.42. The molecule has 9 aromatic carbocycles. The number of nitrogens with two attached hydrogens (primary N) is 2. The Morgan fingerprint density at radius 2 is 0.710 bits per heavy atom. The van der Waals surface area contributed by atoms with Crippen LogP contribution in [0.2, 0.25) is 0 Å². The fourth-order valence-corrected chi connectivity index (χ4v) is 11.4. The van der Waals surface area contributed by atoms with Crippen molar-refractivity contribution in [1.82, 2.24) is 15.0 Å². The Bertz CT molecular complexity index is 4720. The van der Waals surface area contributed by atoms with Gasteiger partial charge in [-0.05, 0) is 209 Å². The minimum absolute atomic E-state index is 0.0295. The molecule has 8 N–H and O–H groups in total. The Morgan fingerprint density at radius 1 is 0.410 bits per heavy atom. The minimum atomic E-state index is -1.01. The van der Waals surface area contributed by atoms with Gasteiger partial charge in [-0.1, -0.05) is 127 Å². The van der Waals surface area contributed by atoms with Crippen molar-refractivity contribution in [2.75, 3.05) is 6.61 Å². The van der Waals surface area contributed by atoms with Crippen LogP contribution in [0.1, 0.15) is 78.0 Å². The Labute approximate surface area is 581 Å². The number of nitrogens with one attached hydrogen (secondary N) is 3. The lowest BCUT2D eigenvalue weighted by atomic mass is 9.95. The summed E-state index contributed by atoms with van der Waals surface area (Å²) in [7, 11) is 0. The number of primary amides is 1. The predicted molar refractivity (Wildman–Crippen MR) is 391 cm³/mol. The van der Waals surface area contributed by atoms with Crippen LogP contribution in [0, 0.1) is 11.8 Å². The number of ether oxygens (including phenoxy) is 6. The molecule has 12 aromatic rings. The number of carbonyl (C=O) groups excluding carboxylic acids is 4. The Kier molecular flexibility index (Phi) is 23.2. The van der Waals surface area contributed by atoms with Gasteiger partial charge in [0.2, 0.25) is 5.91 Å². The van der Waals surface area contributed by atoms with Crippen LogP contribution in [0.3, 0.4) is 0 Å². The number of para-hydroxylation sites is 3. The zero-order valence-corrected chi connectivity index (χ0v) is 57.1. The highest BCUT2D eigenvalue weighted by molar-refractivity contribution is 5.92. The van der Waals surface area contributed by atoms with Crippen molar-refractivity contribution in [3.63, 3.8) is 0 Å². The molecule has 12 rings (SSSR count). The summed E-state index contributed by atoms with van der Waals surface area (Å²) in [6.45, 7) is 12.7. The first kappa shape index (κ1) is 71.1. The van der Waals surface area contributed by atoms with Crippen LogP contribution in [0.5, 0.6) is 34.5 Å². The second-order valence-corrected chi connectivity index (χ2v) is 26.2. The number of fused-ring (bicyclic) bond motifs is 3. The second kappa shape index (κ2) is 32.6. The molecular formula is C83H83N5O12. The zero-order valence-electron chi connectivity index (χ0n) is 57.1. The van der Waals surface area contributed by atoms with E-state index < -0.39 is 58.9 Å². The first-order valence-electron chi connectivity index (χ1n) is 33.2. The van der Waals surface area contributed by atoms with E-state index in [-0.39, 0.29) is 25.9 Å². The predicted octanol–water partition coefficient (Wildman–Crippen LogP) is 17.7. The number of esters is 3. The van der Waals surface area contributed by atoms with Gasteiger partial charge >= 0.3 is 23.9 Å². The van der Waals surface area contributed by atoms with E-state index in [1.54, 1.807) is 27.7 Å². The van der Waals surface area contributed by atoms with Crippen molar-refractivity contribution >= 4 is 62.5 Å². The average molecular weight is 1340 g/mol. The summed E-state index contributed by atoms with van der Waals surface area (Å²) in [5.74, 6) is 0.408. The molecule has 0 aliphatic rings. The lowest BCUT2D eigenvalue weighted by molar-refractivity contribution is -0.161. The number of rotatable bonds is 23. The van der Waals surface area contributed by atoms with Gasteiger partial charge in [0, 0.05) is 51.3 Å². The molecule has 0 radical (unpaired) electrons. The number of carbonyl (C=O) groups is 5. The third-order valence-corrected chi connectivity index (χ3v) is 16.2. The van der Waals surface area contributed by atoms with Crippen LogP contribution in [0.25, 0.3) is 66.1 Å². The highest BCUT2D eigenvalue weighted by Crippen LogP contribution is 2.35. The molecule has 0 spiro atoms. The van der Waals surface area contributed by atoms with Gasteiger partial charge in [0.05, 0.1) is 37.3 Å². The van der Waals surface area contributed by atoms with E-state index >= 15 is 0 Å². The molecule has 100 heavy (non-hydrogen) atoms. The van der Waals surface area contributed by atoms with E-state index in [1.165, 1.54) is 0 Å². The van der Waals surface area contributed by atoms with E-state index in [1.807, 2.05) is 233 Å². The average Bonchev–Trinajstić information content (AvgIpc) is 1.64. The molecule has 512 valence electrons. The van der Waals surface area contributed by atoms with E-state index in [0.717, 1.165) is 117 Å². The molecule has 0 saturated carbocycles. The van der Waals surface area contributed by atoms with Gasteiger partial charge < -0.3 is 59.9 Å². The van der Waals surface area contributed by atoms with Gasteiger partial charge in [-0.3, -0.25) is 24.0 Å². The highest BCUT2D eigenvalue weighted by Gasteiger charge is 2.29. The number of hydrogen-bond donors (Lipinski definition) is 6. The SMILES string of the molecule is CC(C)(C)OC(=O)CC(Cc1c[nH]c2cc(-c3ccc(Oc4ccccc4)cc3)ccc12)C(=O)O.CCOC(=O)C(CC(=O)OC(C)(C)C)Cc1c[nH]c2cc(-c3ccc(Oc4ccccc4)cc3)ccc12.NC(=O)C(N)Cc1c[nH]c2cc(-c3ccc(Oc4ccccc4)cc3)ccc12. The summed E-state index contributed by atoms with van der Waals surface area (Å²) < 4.78 is 33.6. The topological polar surface area (TPSA) is 260 Å². The molecule has 3 aromatic heterocycles. The van der Waals surface area contributed by atoms with Crippen LogP contribution in [0.4, 0.5) is 0 Å². The normalized spacial score (nSPS) is 12.2. The van der Waals surface area contributed by atoms with E-state index in [0.29, 0.717) is 12.8 Å². The molecule has 3 atom stereocenters. The number of carboxylic acid groups (broad SMARTS) is 1. The maximum Gasteiger partial charge on any atom is 0.309 e. The number of aromatic amines is 3. The summed E-state index contributed by atoms with van der Waals surface area (Å²) in [5.41, 5.74) is 21.8. The summed E-state index contributed by atoms with van der Waals surface area (Å²) in [6, 6.07) is 70.5. The highest BCUT2D eigenvalue weighted by atomic mass is 16.6. The lowest BCUT2D eigenvalue weighted by Crippen LogP contribution is -2.38. The number of aliphatic carboxylic acids is 1. The minimum Gasteiger partial charge on any atom is -0.481 e. The summed E-state index contributed by atoms with van der Waals surface area (Å²) in [4.78, 5) is 70.1. The van der Waals surface area contributed by atoms with Crippen molar-refractivity contribution in [1.29, 1.82) is 0 Å². The maximum atomic E-state index is 12.6. The molecule has 17 heteroatoms. The molecule has 0 aliphatic heterocycles. The third kappa shape index (κ3) is 20.0. The Hall–Kier alpha value is -11.7.